The summed E-state index contributed by atoms with van der Waals surface area (Å²) in [6.45, 7) is 3.44. The maximum atomic E-state index is 5.08. The molecule has 3 aromatic rings. The molecule has 1 atom stereocenters. The number of likely N-dealkylation sites (tertiary alicyclic amines) is 1. The second-order valence-electron chi connectivity index (χ2n) is 7.08. The minimum Gasteiger partial charge on any atom is -0.377 e. The Labute approximate surface area is 159 Å². The number of hydrogen-bond donors (Lipinski definition) is 1. The standard InChI is InChI=1S/C21H25N5O/c1-27-15-20-22-10-16(11-23-20)13-26-9-5-8-18(14-26)21-19(12-24-25-21)17-6-3-2-4-7-17/h2-4,6-7,10-12,18H,5,8-9,13-15H2,1H3,(H,24,25)/t18-/m1/s1. The Morgan fingerprint density at radius 2 is 1.96 bits per heavy atom. The first-order chi connectivity index (χ1) is 13.3. The van der Waals surface area contributed by atoms with Gasteiger partial charge in [-0.15, -0.1) is 0 Å². The van der Waals surface area contributed by atoms with Crippen LogP contribution >= 0.6 is 0 Å². The molecule has 140 valence electrons. The largest absolute Gasteiger partial charge is 0.377 e. The van der Waals surface area contributed by atoms with Gasteiger partial charge in [0.25, 0.3) is 0 Å². The molecule has 4 rings (SSSR count). The van der Waals surface area contributed by atoms with Gasteiger partial charge in [0, 0.05) is 55.3 Å². The van der Waals surface area contributed by atoms with Crippen molar-refractivity contribution < 1.29 is 4.74 Å². The smallest absolute Gasteiger partial charge is 0.153 e. The number of H-pyrrole nitrogens is 1. The first-order valence-corrected chi connectivity index (χ1v) is 9.43. The van der Waals surface area contributed by atoms with Crippen LogP contribution in [0.25, 0.3) is 11.1 Å². The average molecular weight is 363 g/mol. The van der Waals surface area contributed by atoms with Crippen LogP contribution in [0.3, 0.4) is 0 Å². The van der Waals surface area contributed by atoms with E-state index in [4.69, 9.17) is 4.74 Å². The third kappa shape index (κ3) is 4.23. The van der Waals surface area contributed by atoms with Crippen LogP contribution < -0.4 is 0 Å². The lowest BCUT2D eigenvalue weighted by molar-refractivity contribution is 0.177. The Morgan fingerprint density at radius 3 is 2.74 bits per heavy atom. The number of nitrogens with zero attached hydrogens (tertiary/aromatic N) is 4. The summed E-state index contributed by atoms with van der Waals surface area (Å²) in [4.78, 5) is 11.2. The number of benzene rings is 1. The molecule has 1 aliphatic rings. The van der Waals surface area contributed by atoms with Crippen LogP contribution in [0, 0.1) is 0 Å². The number of nitrogens with one attached hydrogen (secondary N) is 1. The highest BCUT2D eigenvalue weighted by atomic mass is 16.5. The summed E-state index contributed by atoms with van der Waals surface area (Å²) < 4.78 is 5.08. The first kappa shape index (κ1) is 17.8. The zero-order valence-corrected chi connectivity index (χ0v) is 15.6. The third-order valence-electron chi connectivity index (χ3n) is 5.11. The Morgan fingerprint density at radius 1 is 1.15 bits per heavy atom. The lowest BCUT2D eigenvalue weighted by atomic mass is 9.90. The van der Waals surface area contributed by atoms with Gasteiger partial charge in [0.2, 0.25) is 0 Å². The number of aromatic amines is 1. The lowest BCUT2D eigenvalue weighted by Crippen LogP contribution is -2.34. The van der Waals surface area contributed by atoms with Crippen LogP contribution in [0.15, 0.2) is 48.9 Å². The SMILES string of the molecule is COCc1ncc(CN2CCC[C@@H](c3[nH]ncc3-c3ccccc3)C2)cn1. The Hall–Kier alpha value is -2.57. The molecule has 1 aromatic carbocycles. The molecule has 2 aromatic heterocycles. The summed E-state index contributed by atoms with van der Waals surface area (Å²) in [6, 6.07) is 10.5. The molecule has 1 saturated heterocycles. The molecule has 6 nitrogen and oxygen atoms in total. The zero-order chi connectivity index (χ0) is 18.5. The van der Waals surface area contributed by atoms with Crippen molar-refractivity contribution in [1.29, 1.82) is 0 Å². The molecule has 1 fully saturated rings. The minimum atomic E-state index is 0.453. The third-order valence-corrected chi connectivity index (χ3v) is 5.11. The van der Waals surface area contributed by atoms with Gasteiger partial charge >= 0.3 is 0 Å². The van der Waals surface area contributed by atoms with E-state index in [-0.39, 0.29) is 0 Å². The highest BCUT2D eigenvalue weighted by molar-refractivity contribution is 5.65. The average Bonchev–Trinajstić information content (AvgIpc) is 3.21. The van der Waals surface area contributed by atoms with Crippen molar-refractivity contribution in [3.05, 3.63) is 66.0 Å². The van der Waals surface area contributed by atoms with Gasteiger partial charge in [-0.05, 0) is 24.9 Å². The van der Waals surface area contributed by atoms with Crippen molar-refractivity contribution in [2.75, 3.05) is 20.2 Å². The van der Waals surface area contributed by atoms with Gasteiger partial charge in [0.15, 0.2) is 5.82 Å². The number of piperidine rings is 1. The van der Waals surface area contributed by atoms with E-state index in [9.17, 15) is 0 Å². The summed E-state index contributed by atoms with van der Waals surface area (Å²) >= 11 is 0. The predicted molar refractivity (Wildman–Crippen MR) is 104 cm³/mol. The fraction of sp³-hybridized carbons (Fsp3) is 0.381. The molecule has 6 heteroatoms. The monoisotopic (exact) mass is 363 g/mol. The Kier molecular flexibility index (Phi) is 5.55. The van der Waals surface area contributed by atoms with Crippen molar-refractivity contribution in [3.63, 3.8) is 0 Å². The molecular weight excluding hydrogens is 338 g/mol. The molecule has 0 aliphatic carbocycles. The first-order valence-electron chi connectivity index (χ1n) is 9.43. The number of aromatic nitrogens is 4. The van der Waals surface area contributed by atoms with E-state index < -0.39 is 0 Å². The fourth-order valence-corrected chi connectivity index (χ4v) is 3.81. The van der Waals surface area contributed by atoms with Crippen LogP contribution in [-0.2, 0) is 17.9 Å². The molecule has 0 bridgehead atoms. The summed E-state index contributed by atoms with van der Waals surface area (Å²) in [5, 5.41) is 7.60. The van der Waals surface area contributed by atoms with Crippen LogP contribution in [0.1, 0.15) is 35.8 Å². The number of rotatable bonds is 6. The zero-order valence-electron chi connectivity index (χ0n) is 15.6. The molecular formula is C21H25N5O. The van der Waals surface area contributed by atoms with Gasteiger partial charge < -0.3 is 4.74 Å². The van der Waals surface area contributed by atoms with Gasteiger partial charge in [-0.2, -0.15) is 5.10 Å². The van der Waals surface area contributed by atoms with Crippen LogP contribution in [0.2, 0.25) is 0 Å². The van der Waals surface area contributed by atoms with Crippen LogP contribution in [0.5, 0.6) is 0 Å². The molecule has 3 heterocycles. The van der Waals surface area contributed by atoms with Crippen molar-refractivity contribution in [2.24, 2.45) is 0 Å². The van der Waals surface area contributed by atoms with Gasteiger partial charge in [-0.25, -0.2) is 9.97 Å². The van der Waals surface area contributed by atoms with Gasteiger partial charge in [-0.1, -0.05) is 30.3 Å². The van der Waals surface area contributed by atoms with Crippen molar-refractivity contribution in [2.45, 2.75) is 31.9 Å². The summed E-state index contributed by atoms with van der Waals surface area (Å²) in [6.07, 6.45) is 8.14. The van der Waals surface area contributed by atoms with E-state index in [1.54, 1.807) is 7.11 Å². The van der Waals surface area contributed by atoms with E-state index >= 15 is 0 Å². The van der Waals surface area contributed by atoms with Crippen LogP contribution in [0.4, 0.5) is 0 Å². The second kappa shape index (κ2) is 8.41. The van der Waals surface area contributed by atoms with Crippen LogP contribution in [-0.4, -0.2) is 45.3 Å². The molecule has 27 heavy (non-hydrogen) atoms. The van der Waals surface area contributed by atoms with E-state index in [0.29, 0.717) is 12.5 Å². The second-order valence-corrected chi connectivity index (χ2v) is 7.08. The maximum Gasteiger partial charge on any atom is 0.153 e. The Balaban J connectivity index is 1.45. The number of methoxy groups -OCH3 is 1. The minimum absolute atomic E-state index is 0.453. The quantitative estimate of drug-likeness (QED) is 0.727. The van der Waals surface area contributed by atoms with E-state index in [1.807, 2.05) is 24.7 Å². The van der Waals surface area contributed by atoms with E-state index in [1.165, 1.54) is 29.7 Å². The Bertz CT molecular complexity index is 847. The van der Waals surface area contributed by atoms with Crippen molar-refractivity contribution in [1.82, 2.24) is 25.1 Å². The van der Waals surface area contributed by atoms with E-state index in [2.05, 4.69) is 49.3 Å². The highest BCUT2D eigenvalue weighted by Crippen LogP contribution is 2.33. The topological polar surface area (TPSA) is 66.9 Å². The fourth-order valence-electron chi connectivity index (χ4n) is 3.81. The molecule has 0 spiro atoms. The molecule has 1 N–H and O–H groups in total. The van der Waals surface area contributed by atoms with Gasteiger partial charge in [-0.3, -0.25) is 10.00 Å². The van der Waals surface area contributed by atoms with Gasteiger partial charge in [0.05, 0.1) is 6.20 Å². The maximum absolute atomic E-state index is 5.08. The van der Waals surface area contributed by atoms with E-state index in [0.717, 1.165) is 31.0 Å². The summed E-state index contributed by atoms with van der Waals surface area (Å²) in [7, 11) is 1.66. The lowest BCUT2D eigenvalue weighted by Gasteiger charge is -2.32. The molecule has 0 saturated carbocycles. The molecule has 1 aliphatic heterocycles. The summed E-state index contributed by atoms with van der Waals surface area (Å²) in [5.74, 6) is 1.19. The molecule has 0 radical (unpaired) electrons. The normalized spacial score (nSPS) is 17.9. The molecule has 0 amide bonds. The van der Waals surface area contributed by atoms with Gasteiger partial charge in [0.1, 0.15) is 6.61 Å². The van der Waals surface area contributed by atoms with Crippen molar-refractivity contribution in [3.8, 4) is 11.1 Å². The summed E-state index contributed by atoms with van der Waals surface area (Å²) in [5.41, 5.74) is 4.83. The van der Waals surface area contributed by atoms with Crippen molar-refractivity contribution >= 4 is 0 Å². The molecule has 0 unspecified atom stereocenters. The number of hydrogen-bond acceptors (Lipinski definition) is 5. The number of ether oxygens (including phenoxy) is 1. The highest BCUT2D eigenvalue weighted by Gasteiger charge is 2.25. The predicted octanol–water partition coefficient (Wildman–Crippen LogP) is 3.39.